The first-order valence-corrected chi connectivity index (χ1v) is 8.53. The largest absolute Gasteiger partial charge is 0.411 e. The standard InChI is InChI=1S/C16H15N5O4S/c1-20-11(8-13(23)21(2)16(20)24)17-12(22)9-26-15-19-18-14(25-15)10-6-4-3-5-7-10/h3-8H,9H2,1-2H3,(H,17,22). The fourth-order valence-electron chi connectivity index (χ4n) is 2.12. The number of amides is 1. The molecule has 26 heavy (non-hydrogen) atoms. The Morgan fingerprint density at radius 2 is 1.88 bits per heavy atom. The summed E-state index contributed by atoms with van der Waals surface area (Å²) in [5.74, 6) is 0.0687. The number of benzene rings is 1. The van der Waals surface area contributed by atoms with E-state index >= 15 is 0 Å². The van der Waals surface area contributed by atoms with Gasteiger partial charge in [-0.15, -0.1) is 10.2 Å². The summed E-state index contributed by atoms with van der Waals surface area (Å²) < 4.78 is 7.64. The van der Waals surface area contributed by atoms with Crippen molar-refractivity contribution in [1.29, 1.82) is 0 Å². The summed E-state index contributed by atoms with van der Waals surface area (Å²) in [5.41, 5.74) is -0.239. The van der Waals surface area contributed by atoms with Crippen LogP contribution in [0.2, 0.25) is 0 Å². The highest BCUT2D eigenvalue weighted by atomic mass is 32.2. The molecule has 3 rings (SSSR count). The van der Waals surface area contributed by atoms with E-state index in [9.17, 15) is 14.4 Å². The molecule has 1 N–H and O–H groups in total. The molecule has 134 valence electrons. The van der Waals surface area contributed by atoms with Gasteiger partial charge in [-0.05, 0) is 12.1 Å². The van der Waals surface area contributed by atoms with Gasteiger partial charge >= 0.3 is 5.69 Å². The lowest BCUT2D eigenvalue weighted by Gasteiger charge is -2.10. The normalized spacial score (nSPS) is 10.7. The van der Waals surface area contributed by atoms with Crippen LogP contribution in [0.15, 0.2) is 55.6 Å². The summed E-state index contributed by atoms with van der Waals surface area (Å²) in [6.45, 7) is 0. The summed E-state index contributed by atoms with van der Waals surface area (Å²) in [4.78, 5) is 35.6. The number of carbonyl (C=O) groups excluding carboxylic acids is 1. The molecule has 1 aromatic carbocycles. The molecule has 0 spiro atoms. The van der Waals surface area contributed by atoms with Crippen LogP contribution in [0.5, 0.6) is 0 Å². The van der Waals surface area contributed by atoms with Crippen LogP contribution in [-0.2, 0) is 18.9 Å². The number of nitrogens with zero attached hydrogens (tertiary/aromatic N) is 4. The number of nitrogens with one attached hydrogen (secondary N) is 1. The molecule has 0 saturated carbocycles. The number of aromatic nitrogens is 4. The van der Waals surface area contributed by atoms with Gasteiger partial charge in [0.05, 0.1) is 5.75 Å². The van der Waals surface area contributed by atoms with Crippen LogP contribution in [-0.4, -0.2) is 31.0 Å². The maximum atomic E-state index is 12.1. The van der Waals surface area contributed by atoms with Crippen LogP contribution in [0.3, 0.4) is 0 Å². The summed E-state index contributed by atoms with van der Waals surface area (Å²) in [6.07, 6.45) is 0. The second-order valence-electron chi connectivity index (χ2n) is 5.34. The highest BCUT2D eigenvalue weighted by molar-refractivity contribution is 7.99. The van der Waals surface area contributed by atoms with Crippen molar-refractivity contribution in [1.82, 2.24) is 19.3 Å². The summed E-state index contributed by atoms with van der Waals surface area (Å²) >= 11 is 1.06. The Morgan fingerprint density at radius 1 is 1.15 bits per heavy atom. The average Bonchev–Trinajstić information content (AvgIpc) is 3.12. The highest BCUT2D eigenvalue weighted by Gasteiger charge is 2.13. The first kappa shape index (κ1) is 17.7. The Hall–Kier alpha value is -3.14. The van der Waals surface area contributed by atoms with Crippen molar-refractivity contribution in [3.05, 3.63) is 57.2 Å². The minimum atomic E-state index is -0.523. The minimum absolute atomic E-state index is 0.0141. The number of hydrogen-bond acceptors (Lipinski definition) is 7. The van der Waals surface area contributed by atoms with E-state index in [0.717, 1.165) is 21.9 Å². The first-order valence-electron chi connectivity index (χ1n) is 7.54. The Bertz CT molecular complexity index is 1050. The zero-order valence-electron chi connectivity index (χ0n) is 14.0. The molecule has 3 aromatic rings. The van der Waals surface area contributed by atoms with Gasteiger partial charge in [0.25, 0.3) is 10.8 Å². The molecule has 0 atom stereocenters. The molecule has 0 aliphatic heterocycles. The fourth-order valence-corrected chi connectivity index (χ4v) is 2.69. The third-order valence-electron chi connectivity index (χ3n) is 3.55. The second-order valence-corrected chi connectivity index (χ2v) is 6.27. The number of hydrogen-bond donors (Lipinski definition) is 1. The lowest BCUT2D eigenvalue weighted by atomic mass is 10.2. The predicted octanol–water partition coefficient (Wildman–Crippen LogP) is 0.865. The molecule has 0 aliphatic carbocycles. The van der Waals surface area contributed by atoms with E-state index < -0.39 is 17.2 Å². The number of thioether (sulfide) groups is 1. The number of anilines is 1. The van der Waals surface area contributed by atoms with E-state index in [0.29, 0.717) is 5.89 Å². The van der Waals surface area contributed by atoms with Gasteiger partial charge in [-0.25, -0.2) is 4.79 Å². The van der Waals surface area contributed by atoms with Crippen LogP contribution >= 0.6 is 11.8 Å². The van der Waals surface area contributed by atoms with E-state index in [2.05, 4.69) is 15.5 Å². The average molecular weight is 373 g/mol. The number of carbonyl (C=O) groups is 1. The third kappa shape index (κ3) is 3.75. The first-order chi connectivity index (χ1) is 12.5. The van der Waals surface area contributed by atoms with Crippen molar-refractivity contribution in [2.45, 2.75) is 5.22 Å². The molecule has 0 saturated heterocycles. The van der Waals surface area contributed by atoms with Crippen molar-refractivity contribution in [3.8, 4) is 11.5 Å². The Labute approximate surface area is 151 Å². The van der Waals surface area contributed by atoms with Gasteiger partial charge in [-0.2, -0.15) is 0 Å². The van der Waals surface area contributed by atoms with Crippen molar-refractivity contribution in [2.24, 2.45) is 14.1 Å². The van der Waals surface area contributed by atoms with Gasteiger partial charge in [0, 0.05) is 25.7 Å². The van der Waals surface area contributed by atoms with Gasteiger partial charge in [0.2, 0.25) is 11.8 Å². The van der Waals surface area contributed by atoms with Crippen LogP contribution < -0.4 is 16.6 Å². The summed E-state index contributed by atoms with van der Waals surface area (Å²) in [7, 11) is 2.83. The summed E-state index contributed by atoms with van der Waals surface area (Å²) in [6, 6.07) is 10.5. The van der Waals surface area contributed by atoms with Crippen molar-refractivity contribution >= 4 is 23.5 Å². The molecule has 0 bridgehead atoms. The Balaban J connectivity index is 1.65. The molecule has 2 aromatic heterocycles. The topological polar surface area (TPSA) is 112 Å². The van der Waals surface area contributed by atoms with E-state index in [1.54, 1.807) is 0 Å². The Morgan fingerprint density at radius 3 is 2.62 bits per heavy atom. The minimum Gasteiger partial charge on any atom is -0.411 e. The maximum absolute atomic E-state index is 12.1. The number of rotatable bonds is 5. The van der Waals surface area contributed by atoms with Crippen LogP contribution in [0.4, 0.5) is 5.82 Å². The van der Waals surface area contributed by atoms with E-state index in [4.69, 9.17) is 4.42 Å². The molecule has 0 unspecified atom stereocenters. The molecule has 9 nitrogen and oxygen atoms in total. The molecule has 0 aliphatic rings. The zero-order chi connectivity index (χ0) is 18.7. The van der Waals surface area contributed by atoms with Crippen LogP contribution in [0.25, 0.3) is 11.5 Å². The van der Waals surface area contributed by atoms with Crippen LogP contribution in [0, 0.1) is 0 Å². The van der Waals surface area contributed by atoms with Crippen molar-refractivity contribution < 1.29 is 9.21 Å². The van der Waals surface area contributed by atoms with Crippen molar-refractivity contribution in [3.63, 3.8) is 0 Å². The molecular weight excluding hydrogens is 358 g/mol. The lowest BCUT2D eigenvalue weighted by Crippen LogP contribution is -2.38. The lowest BCUT2D eigenvalue weighted by molar-refractivity contribution is -0.113. The van der Waals surface area contributed by atoms with E-state index in [1.807, 2.05) is 30.3 Å². The molecule has 10 heteroatoms. The van der Waals surface area contributed by atoms with Gasteiger partial charge in [-0.3, -0.25) is 18.7 Å². The quantitative estimate of drug-likeness (QED) is 0.660. The van der Waals surface area contributed by atoms with E-state index in [1.165, 1.54) is 24.7 Å². The van der Waals surface area contributed by atoms with Gasteiger partial charge in [0.1, 0.15) is 5.82 Å². The maximum Gasteiger partial charge on any atom is 0.332 e. The van der Waals surface area contributed by atoms with Crippen molar-refractivity contribution in [2.75, 3.05) is 11.1 Å². The molecular formula is C16H15N5O4S. The zero-order valence-corrected chi connectivity index (χ0v) is 14.8. The monoisotopic (exact) mass is 373 g/mol. The smallest absolute Gasteiger partial charge is 0.332 e. The molecule has 0 fully saturated rings. The van der Waals surface area contributed by atoms with Crippen LogP contribution in [0.1, 0.15) is 0 Å². The highest BCUT2D eigenvalue weighted by Crippen LogP contribution is 2.22. The fraction of sp³-hybridized carbons (Fsp3) is 0.188. The molecule has 2 heterocycles. The Kier molecular flexibility index (Phi) is 5.03. The van der Waals surface area contributed by atoms with Gasteiger partial charge < -0.3 is 9.73 Å². The van der Waals surface area contributed by atoms with Gasteiger partial charge in [0.15, 0.2) is 0 Å². The van der Waals surface area contributed by atoms with E-state index in [-0.39, 0.29) is 16.8 Å². The summed E-state index contributed by atoms with van der Waals surface area (Å²) in [5, 5.41) is 10.6. The molecule has 1 amide bonds. The SMILES string of the molecule is Cn1c(NC(=O)CSc2nnc(-c3ccccc3)o2)cc(=O)n(C)c1=O. The molecule has 0 radical (unpaired) electrons. The second kappa shape index (κ2) is 7.40. The third-order valence-corrected chi connectivity index (χ3v) is 4.37. The van der Waals surface area contributed by atoms with Gasteiger partial charge in [-0.1, -0.05) is 30.0 Å². The predicted molar refractivity (Wildman–Crippen MR) is 96.0 cm³/mol.